The van der Waals surface area contributed by atoms with Gasteiger partial charge in [-0.05, 0) is 25.6 Å². The van der Waals surface area contributed by atoms with Crippen molar-refractivity contribution in [3.8, 4) is 0 Å². The number of nitrogens with one attached hydrogen (secondary N) is 1. The van der Waals surface area contributed by atoms with E-state index in [-0.39, 0.29) is 5.84 Å². The number of rotatable bonds is 3. The maximum absolute atomic E-state index is 7.33. The lowest BCUT2D eigenvalue weighted by molar-refractivity contribution is 0.213. The minimum Gasteiger partial charge on any atom is -0.382 e. The Hall–Kier alpha value is -1.62. The number of nitrogen functional groups attached to an aromatic ring is 1. The molecule has 1 saturated heterocycles. The zero-order valence-electron chi connectivity index (χ0n) is 11.1. The van der Waals surface area contributed by atoms with Gasteiger partial charge in [0.15, 0.2) is 0 Å². The first-order chi connectivity index (χ1) is 8.61. The first-order valence-corrected chi connectivity index (χ1v) is 6.37. The van der Waals surface area contributed by atoms with Crippen molar-refractivity contribution in [2.24, 2.45) is 5.73 Å². The third-order valence-electron chi connectivity index (χ3n) is 3.64. The summed E-state index contributed by atoms with van der Waals surface area (Å²) in [6, 6.07) is 4.42. The number of pyridine rings is 1. The second-order valence-corrected chi connectivity index (χ2v) is 4.80. The van der Waals surface area contributed by atoms with E-state index in [0.717, 1.165) is 31.7 Å². The van der Waals surface area contributed by atoms with Crippen LogP contribution in [0.1, 0.15) is 19.0 Å². The number of likely N-dealkylation sites (N-methyl/N-ethyl adjacent to an activating group) is 1. The third kappa shape index (κ3) is 2.61. The highest BCUT2D eigenvalue weighted by Crippen LogP contribution is 2.19. The second-order valence-electron chi connectivity index (χ2n) is 4.80. The van der Waals surface area contributed by atoms with Crippen molar-refractivity contribution in [3.05, 3.63) is 24.0 Å². The van der Waals surface area contributed by atoms with Crippen LogP contribution < -0.4 is 10.6 Å². The number of nitrogens with zero attached hydrogens (tertiary/aromatic N) is 3. The van der Waals surface area contributed by atoms with E-state index >= 15 is 0 Å². The van der Waals surface area contributed by atoms with Gasteiger partial charge in [-0.3, -0.25) is 15.3 Å². The fourth-order valence-corrected chi connectivity index (χ4v) is 2.35. The molecular weight excluding hydrogens is 226 g/mol. The molecule has 0 aromatic carbocycles. The average molecular weight is 247 g/mol. The molecule has 1 aromatic heterocycles. The Balaban J connectivity index is 2.09. The van der Waals surface area contributed by atoms with Gasteiger partial charge in [0.05, 0.1) is 11.9 Å². The molecule has 0 bridgehead atoms. The van der Waals surface area contributed by atoms with E-state index in [1.54, 1.807) is 0 Å². The Morgan fingerprint density at radius 3 is 2.83 bits per heavy atom. The van der Waals surface area contributed by atoms with Gasteiger partial charge in [-0.1, -0.05) is 6.92 Å². The van der Waals surface area contributed by atoms with Crippen LogP contribution >= 0.6 is 0 Å². The molecule has 3 N–H and O–H groups in total. The van der Waals surface area contributed by atoms with Crippen molar-refractivity contribution >= 4 is 11.5 Å². The quantitative estimate of drug-likeness (QED) is 0.615. The van der Waals surface area contributed by atoms with Gasteiger partial charge in [0, 0.05) is 25.7 Å². The molecule has 2 rings (SSSR count). The summed E-state index contributed by atoms with van der Waals surface area (Å²) in [5.74, 6) is 0.0198. The highest BCUT2D eigenvalue weighted by atomic mass is 15.3. The van der Waals surface area contributed by atoms with Gasteiger partial charge in [0.2, 0.25) is 0 Å². The Labute approximate surface area is 108 Å². The monoisotopic (exact) mass is 247 g/mol. The van der Waals surface area contributed by atoms with Crippen molar-refractivity contribution in [1.29, 1.82) is 5.41 Å². The Morgan fingerprint density at radius 2 is 2.28 bits per heavy atom. The predicted octanol–water partition coefficient (Wildman–Crippen LogP) is 0.896. The van der Waals surface area contributed by atoms with Gasteiger partial charge in [0.25, 0.3) is 0 Å². The molecule has 0 radical (unpaired) electrons. The number of anilines is 1. The van der Waals surface area contributed by atoms with E-state index in [1.807, 2.05) is 18.3 Å². The molecule has 2 heterocycles. The van der Waals surface area contributed by atoms with Crippen molar-refractivity contribution in [2.75, 3.05) is 31.6 Å². The van der Waals surface area contributed by atoms with Crippen LogP contribution in [0, 0.1) is 5.41 Å². The summed E-state index contributed by atoms with van der Waals surface area (Å²) in [4.78, 5) is 8.98. The molecule has 0 saturated carbocycles. The van der Waals surface area contributed by atoms with Crippen LogP contribution in [0.15, 0.2) is 18.3 Å². The van der Waals surface area contributed by atoms with E-state index in [0.29, 0.717) is 11.7 Å². The largest absolute Gasteiger partial charge is 0.382 e. The van der Waals surface area contributed by atoms with Gasteiger partial charge < -0.3 is 10.6 Å². The van der Waals surface area contributed by atoms with Crippen LogP contribution in [-0.4, -0.2) is 48.4 Å². The van der Waals surface area contributed by atoms with E-state index in [1.165, 1.54) is 0 Å². The first-order valence-electron chi connectivity index (χ1n) is 6.37. The van der Waals surface area contributed by atoms with Crippen LogP contribution in [0.4, 0.5) is 5.69 Å². The summed E-state index contributed by atoms with van der Waals surface area (Å²) < 4.78 is 0. The molecule has 0 amide bonds. The number of aromatic nitrogens is 1. The normalized spacial score (nSPS) is 21.0. The van der Waals surface area contributed by atoms with Crippen LogP contribution in [0.5, 0.6) is 0 Å². The molecule has 5 nitrogen and oxygen atoms in total. The standard InChI is InChI=1S/C13H21N5/c1-3-10-9-18(7-6-17(10)2)11-4-5-12(13(14)15)16-8-11/h4-5,8,10H,3,6-7,9H2,1-2H3,(H3,14,15). The zero-order valence-corrected chi connectivity index (χ0v) is 11.1. The number of amidine groups is 1. The van der Waals surface area contributed by atoms with Crippen molar-refractivity contribution in [2.45, 2.75) is 19.4 Å². The summed E-state index contributed by atoms with van der Waals surface area (Å²) >= 11 is 0. The lowest BCUT2D eigenvalue weighted by atomic mass is 10.1. The molecule has 0 spiro atoms. The smallest absolute Gasteiger partial charge is 0.141 e. The number of nitrogens with two attached hydrogens (primary N) is 1. The van der Waals surface area contributed by atoms with Crippen molar-refractivity contribution < 1.29 is 0 Å². The summed E-state index contributed by atoms with van der Waals surface area (Å²) in [6.45, 7) is 5.36. The van der Waals surface area contributed by atoms with Gasteiger partial charge >= 0.3 is 0 Å². The van der Waals surface area contributed by atoms with Crippen LogP contribution in [0.3, 0.4) is 0 Å². The van der Waals surface area contributed by atoms with Crippen LogP contribution in [0.2, 0.25) is 0 Å². The van der Waals surface area contributed by atoms with Crippen molar-refractivity contribution in [3.63, 3.8) is 0 Å². The fraction of sp³-hybridized carbons (Fsp3) is 0.538. The lowest BCUT2D eigenvalue weighted by Crippen LogP contribution is -2.51. The van der Waals surface area contributed by atoms with Gasteiger partial charge in [0.1, 0.15) is 11.5 Å². The molecule has 1 aliphatic heterocycles. The fourth-order valence-electron chi connectivity index (χ4n) is 2.35. The zero-order chi connectivity index (χ0) is 13.1. The molecule has 0 aliphatic carbocycles. The molecule has 1 aliphatic rings. The summed E-state index contributed by atoms with van der Waals surface area (Å²) in [5.41, 5.74) is 7.06. The maximum atomic E-state index is 7.33. The summed E-state index contributed by atoms with van der Waals surface area (Å²) in [6.07, 6.45) is 2.97. The molecule has 18 heavy (non-hydrogen) atoms. The minimum absolute atomic E-state index is 0.0198. The van der Waals surface area contributed by atoms with Gasteiger partial charge in [-0.25, -0.2) is 0 Å². The Bertz CT molecular complexity index is 414. The van der Waals surface area contributed by atoms with Crippen molar-refractivity contribution in [1.82, 2.24) is 9.88 Å². The molecule has 1 atom stereocenters. The Morgan fingerprint density at radius 1 is 1.50 bits per heavy atom. The second kappa shape index (κ2) is 5.35. The summed E-state index contributed by atoms with van der Waals surface area (Å²) in [5, 5.41) is 7.33. The highest BCUT2D eigenvalue weighted by Gasteiger charge is 2.23. The predicted molar refractivity (Wildman–Crippen MR) is 74.2 cm³/mol. The van der Waals surface area contributed by atoms with E-state index < -0.39 is 0 Å². The number of piperazine rings is 1. The van der Waals surface area contributed by atoms with E-state index in [4.69, 9.17) is 11.1 Å². The van der Waals surface area contributed by atoms with E-state index in [2.05, 4.69) is 28.8 Å². The lowest BCUT2D eigenvalue weighted by Gasteiger charge is -2.40. The van der Waals surface area contributed by atoms with E-state index in [9.17, 15) is 0 Å². The van der Waals surface area contributed by atoms with Gasteiger partial charge in [-0.2, -0.15) is 0 Å². The topological polar surface area (TPSA) is 69.2 Å². The van der Waals surface area contributed by atoms with Crippen LogP contribution in [0.25, 0.3) is 0 Å². The maximum Gasteiger partial charge on any atom is 0.141 e. The summed E-state index contributed by atoms with van der Waals surface area (Å²) in [7, 11) is 2.18. The Kier molecular flexibility index (Phi) is 3.81. The molecule has 98 valence electrons. The molecular formula is C13H21N5. The first kappa shape index (κ1) is 12.8. The molecule has 1 fully saturated rings. The third-order valence-corrected chi connectivity index (χ3v) is 3.64. The SMILES string of the molecule is CCC1CN(c2ccc(C(=N)N)nc2)CCN1C. The molecule has 1 unspecified atom stereocenters. The van der Waals surface area contributed by atoms with Crippen LogP contribution in [-0.2, 0) is 0 Å². The minimum atomic E-state index is 0.0198. The highest BCUT2D eigenvalue weighted by molar-refractivity contribution is 5.93. The number of hydrogen-bond donors (Lipinski definition) is 2. The average Bonchev–Trinajstić information content (AvgIpc) is 2.39. The molecule has 5 heteroatoms. The van der Waals surface area contributed by atoms with Gasteiger partial charge in [-0.15, -0.1) is 0 Å². The molecule has 1 aromatic rings. The number of hydrogen-bond acceptors (Lipinski definition) is 4.